The summed E-state index contributed by atoms with van der Waals surface area (Å²) >= 11 is 5.80. The van der Waals surface area contributed by atoms with Gasteiger partial charge in [-0.2, -0.15) is 0 Å². The first kappa shape index (κ1) is 15.2. The summed E-state index contributed by atoms with van der Waals surface area (Å²) in [7, 11) is 0. The minimum atomic E-state index is -0.0366. The van der Waals surface area contributed by atoms with Crippen molar-refractivity contribution in [2.75, 3.05) is 6.61 Å². The van der Waals surface area contributed by atoms with Gasteiger partial charge in [-0.3, -0.25) is 4.79 Å². The van der Waals surface area contributed by atoms with Crippen LogP contribution in [0.1, 0.15) is 44.9 Å². The molecule has 0 heterocycles. The van der Waals surface area contributed by atoms with E-state index in [1.807, 2.05) is 0 Å². The number of ether oxygens (including phenoxy) is 1. The third-order valence-electron chi connectivity index (χ3n) is 3.65. The van der Waals surface area contributed by atoms with E-state index < -0.39 is 0 Å². The molecule has 1 N–H and O–H groups in total. The van der Waals surface area contributed by atoms with Crippen LogP contribution in [0, 0.1) is 0 Å². The van der Waals surface area contributed by atoms with Gasteiger partial charge in [-0.15, -0.1) is 0 Å². The van der Waals surface area contributed by atoms with E-state index >= 15 is 0 Å². The zero-order valence-electron chi connectivity index (χ0n) is 11.7. The van der Waals surface area contributed by atoms with Crippen LogP contribution in [0.5, 0.6) is 5.75 Å². The molecule has 0 spiro atoms. The summed E-state index contributed by atoms with van der Waals surface area (Å²) in [6.07, 6.45) is 8.51. The molecular weight excluding hydrogens is 274 g/mol. The molecular formula is C16H22ClNO2. The minimum absolute atomic E-state index is 0.0366. The van der Waals surface area contributed by atoms with Gasteiger partial charge in [0, 0.05) is 11.1 Å². The minimum Gasteiger partial charge on any atom is -0.484 e. The Kier molecular flexibility index (Phi) is 6.19. The number of carbonyl (C=O) groups excluding carboxylic acids is 1. The van der Waals surface area contributed by atoms with Crippen molar-refractivity contribution >= 4 is 17.5 Å². The van der Waals surface area contributed by atoms with Crippen molar-refractivity contribution in [1.82, 2.24) is 5.32 Å². The molecule has 0 aliphatic heterocycles. The highest BCUT2D eigenvalue weighted by atomic mass is 35.5. The number of nitrogens with one attached hydrogen (secondary N) is 1. The third kappa shape index (κ3) is 5.41. The maximum atomic E-state index is 11.9. The lowest BCUT2D eigenvalue weighted by Gasteiger charge is -2.21. The summed E-state index contributed by atoms with van der Waals surface area (Å²) in [4.78, 5) is 11.9. The largest absolute Gasteiger partial charge is 0.484 e. The lowest BCUT2D eigenvalue weighted by Crippen LogP contribution is -2.38. The Morgan fingerprint density at radius 2 is 1.70 bits per heavy atom. The Labute approximate surface area is 125 Å². The van der Waals surface area contributed by atoms with E-state index in [4.69, 9.17) is 16.3 Å². The van der Waals surface area contributed by atoms with Crippen LogP contribution in [0.25, 0.3) is 0 Å². The SMILES string of the molecule is O=C(COc1ccc(Cl)cc1)NC1CCCCCCC1. The number of halogens is 1. The summed E-state index contributed by atoms with van der Waals surface area (Å²) in [5.74, 6) is 0.632. The fourth-order valence-corrected chi connectivity index (χ4v) is 2.68. The van der Waals surface area contributed by atoms with Gasteiger partial charge < -0.3 is 10.1 Å². The summed E-state index contributed by atoms with van der Waals surface area (Å²) in [5.41, 5.74) is 0. The van der Waals surface area contributed by atoms with Crippen LogP contribution >= 0.6 is 11.6 Å². The molecule has 0 bridgehead atoms. The van der Waals surface area contributed by atoms with Crippen molar-refractivity contribution in [3.8, 4) is 5.75 Å². The fourth-order valence-electron chi connectivity index (χ4n) is 2.55. The van der Waals surface area contributed by atoms with E-state index in [1.54, 1.807) is 24.3 Å². The first-order valence-electron chi connectivity index (χ1n) is 7.42. The molecule has 1 aliphatic rings. The summed E-state index contributed by atoms with van der Waals surface area (Å²) < 4.78 is 5.45. The molecule has 20 heavy (non-hydrogen) atoms. The molecule has 1 amide bonds. The second-order valence-corrected chi connectivity index (χ2v) is 5.79. The Balaban J connectivity index is 1.72. The maximum absolute atomic E-state index is 11.9. The molecule has 1 aromatic carbocycles. The molecule has 110 valence electrons. The van der Waals surface area contributed by atoms with Crippen molar-refractivity contribution in [1.29, 1.82) is 0 Å². The third-order valence-corrected chi connectivity index (χ3v) is 3.91. The van der Waals surface area contributed by atoms with Crippen molar-refractivity contribution in [2.45, 2.75) is 51.0 Å². The van der Waals surface area contributed by atoms with Gasteiger partial charge in [0.15, 0.2) is 6.61 Å². The lowest BCUT2D eigenvalue weighted by molar-refractivity contribution is -0.123. The highest BCUT2D eigenvalue weighted by Gasteiger charge is 2.14. The van der Waals surface area contributed by atoms with Crippen LogP contribution < -0.4 is 10.1 Å². The number of carbonyl (C=O) groups is 1. The first-order valence-corrected chi connectivity index (χ1v) is 7.79. The van der Waals surface area contributed by atoms with E-state index in [-0.39, 0.29) is 12.5 Å². The van der Waals surface area contributed by atoms with E-state index in [1.165, 1.54) is 32.1 Å². The van der Waals surface area contributed by atoms with Crippen LogP contribution in [-0.2, 0) is 4.79 Å². The van der Waals surface area contributed by atoms with Gasteiger partial charge in [-0.25, -0.2) is 0 Å². The number of hydrogen-bond donors (Lipinski definition) is 1. The number of benzene rings is 1. The van der Waals surface area contributed by atoms with Crippen LogP contribution in [0.2, 0.25) is 5.02 Å². The Morgan fingerprint density at radius 1 is 1.10 bits per heavy atom. The second-order valence-electron chi connectivity index (χ2n) is 5.35. The van der Waals surface area contributed by atoms with E-state index in [0.29, 0.717) is 16.8 Å². The van der Waals surface area contributed by atoms with Crippen LogP contribution in [0.15, 0.2) is 24.3 Å². The van der Waals surface area contributed by atoms with Crippen LogP contribution in [-0.4, -0.2) is 18.6 Å². The van der Waals surface area contributed by atoms with Gasteiger partial charge in [0.25, 0.3) is 5.91 Å². The topological polar surface area (TPSA) is 38.3 Å². The number of amides is 1. The second kappa shape index (κ2) is 8.15. The average Bonchev–Trinajstić information content (AvgIpc) is 2.41. The Bertz CT molecular complexity index is 411. The molecule has 2 rings (SSSR count). The monoisotopic (exact) mass is 295 g/mol. The van der Waals surface area contributed by atoms with E-state index in [0.717, 1.165) is 12.8 Å². The van der Waals surface area contributed by atoms with Gasteiger partial charge in [0.05, 0.1) is 0 Å². The van der Waals surface area contributed by atoms with Gasteiger partial charge in [-0.1, -0.05) is 43.7 Å². The normalized spacial score (nSPS) is 17.1. The molecule has 0 atom stereocenters. The molecule has 3 nitrogen and oxygen atoms in total. The fraction of sp³-hybridized carbons (Fsp3) is 0.562. The number of hydrogen-bond acceptors (Lipinski definition) is 2. The van der Waals surface area contributed by atoms with Crippen LogP contribution in [0.3, 0.4) is 0 Å². The molecule has 4 heteroatoms. The molecule has 1 aromatic rings. The standard InChI is InChI=1S/C16H22ClNO2/c17-13-8-10-15(11-9-13)20-12-16(19)18-14-6-4-2-1-3-5-7-14/h8-11,14H,1-7,12H2,(H,18,19). The van der Waals surface area contributed by atoms with E-state index in [2.05, 4.69) is 5.32 Å². The van der Waals surface area contributed by atoms with Crippen molar-refractivity contribution < 1.29 is 9.53 Å². The number of rotatable bonds is 4. The smallest absolute Gasteiger partial charge is 0.258 e. The van der Waals surface area contributed by atoms with Gasteiger partial charge in [0.2, 0.25) is 0 Å². The zero-order valence-corrected chi connectivity index (χ0v) is 12.5. The first-order chi connectivity index (χ1) is 9.74. The highest BCUT2D eigenvalue weighted by Crippen LogP contribution is 2.17. The predicted octanol–water partition coefficient (Wildman–Crippen LogP) is 3.95. The molecule has 0 radical (unpaired) electrons. The summed E-state index contributed by atoms with van der Waals surface area (Å²) in [6, 6.07) is 7.36. The highest BCUT2D eigenvalue weighted by molar-refractivity contribution is 6.30. The zero-order chi connectivity index (χ0) is 14.2. The molecule has 1 fully saturated rings. The molecule has 0 unspecified atom stereocenters. The Hall–Kier alpha value is -1.22. The van der Waals surface area contributed by atoms with E-state index in [9.17, 15) is 4.79 Å². The van der Waals surface area contributed by atoms with Crippen molar-refractivity contribution in [2.24, 2.45) is 0 Å². The van der Waals surface area contributed by atoms with Gasteiger partial charge in [0.1, 0.15) is 5.75 Å². The molecule has 1 aliphatic carbocycles. The van der Waals surface area contributed by atoms with Crippen LogP contribution in [0.4, 0.5) is 0 Å². The van der Waals surface area contributed by atoms with Crippen molar-refractivity contribution in [3.63, 3.8) is 0 Å². The Morgan fingerprint density at radius 3 is 2.35 bits per heavy atom. The average molecular weight is 296 g/mol. The van der Waals surface area contributed by atoms with Gasteiger partial charge >= 0.3 is 0 Å². The summed E-state index contributed by atoms with van der Waals surface area (Å²) in [6.45, 7) is 0.0676. The predicted molar refractivity (Wildman–Crippen MR) is 81.2 cm³/mol. The lowest BCUT2D eigenvalue weighted by atomic mass is 9.97. The molecule has 0 aromatic heterocycles. The van der Waals surface area contributed by atoms with Crippen molar-refractivity contribution in [3.05, 3.63) is 29.3 Å². The molecule has 1 saturated carbocycles. The summed E-state index contributed by atoms with van der Waals surface area (Å²) in [5, 5.41) is 3.74. The quantitative estimate of drug-likeness (QED) is 0.913. The maximum Gasteiger partial charge on any atom is 0.258 e. The molecule has 0 saturated heterocycles. The van der Waals surface area contributed by atoms with Gasteiger partial charge in [-0.05, 0) is 37.1 Å².